The zero-order chi connectivity index (χ0) is 11.4. The molecule has 6 heteroatoms. The van der Waals surface area contributed by atoms with Gasteiger partial charge < -0.3 is 16.4 Å². The van der Waals surface area contributed by atoms with Gasteiger partial charge in [0.25, 0.3) is 5.91 Å². The fourth-order valence-electron chi connectivity index (χ4n) is 1.03. The SMILES string of the molecule is CC(CN)N(C)c1ccc(C(N)=O)nn1. The van der Waals surface area contributed by atoms with Gasteiger partial charge in [-0.1, -0.05) is 0 Å². The largest absolute Gasteiger partial charge is 0.364 e. The molecule has 1 amide bonds. The summed E-state index contributed by atoms with van der Waals surface area (Å²) in [6, 6.07) is 3.41. The van der Waals surface area contributed by atoms with E-state index < -0.39 is 5.91 Å². The Bertz CT molecular complexity index is 337. The van der Waals surface area contributed by atoms with Crippen molar-refractivity contribution >= 4 is 11.7 Å². The van der Waals surface area contributed by atoms with E-state index in [9.17, 15) is 4.79 Å². The van der Waals surface area contributed by atoms with Gasteiger partial charge in [0.15, 0.2) is 11.5 Å². The van der Waals surface area contributed by atoms with E-state index in [-0.39, 0.29) is 11.7 Å². The van der Waals surface area contributed by atoms with Gasteiger partial charge in [0.05, 0.1) is 0 Å². The predicted molar refractivity (Wildman–Crippen MR) is 57.5 cm³/mol. The number of hydrogen-bond acceptors (Lipinski definition) is 5. The Morgan fingerprint density at radius 3 is 2.60 bits per heavy atom. The van der Waals surface area contributed by atoms with Crippen molar-refractivity contribution < 1.29 is 4.79 Å². The maximum atomic E-state index is 10.8. The van der Waals surface area contributed by atoms with E-state index in [1.807, 2.05) is 18.9 Å². The predicted octanol–water partition coefficient (Wildman–Crippen LogP) is -0.641. The van der Waals surface area contributed by atoms with E-state index in [4.69, 9.17) is 11.5 Å². The molecular formula is C9H15N5O. The average Bonchev–Trinajstić information content (AvgIpc) is 2.27. The lowest BCUT2D eigenvalue weighted by Gasteiger charge is -2.23. The van der Waals surface area contributed by atoms with Gasteiger partial charge in [0.1, 0.15) is 0 Å². The van der Waals surface area contributed by atoms with E-state index in [0.717, 1.165) is 0 Å². The van der Waals surface area contributed by atoms with Crippen LogP contribution in [0, 0.1) is 0 Å². The van der Waals surface area contributed by atoms with Gasteiger partial charge in [-0.15, -0.1) is 10.2 Å². The van der Waals surface area contributed by atoms with Crippen molar-refractivity contribution in [3.05, 3.63) is 17.8 Å². The number of rotatable bonds is 4. The summed E-state index contributed by atoms with van der Waals surface area (Å²) in [7, 11) is 1.87. The molecule has 1 heterocycles. The second kappa shape index (κ2) is 4.70. The van der Waals surface area contributed by atoms with Gasteiger partial charge >= 0.3 is 0 Å². The molecule has 0 bridgehead atoms. The fourth-order valence-corrected chi connectivity index (χ4v) is 1.03. The normalized spacial score (nSPS) is 12.2. The zero-order valence-electron chi connectivity index (χ0n) is 8.84. The molecule has 1 atom stereocenters. The van der Waals surface area contributed by atoms with Gasteiger partial charge in [-0.05, 0) is 19.1 Å². The summed E-state index contributed by atoms with van der Waals surface area (Å²) in [4.78, 5) is 12.6. The van der Waals surface area contributed by atoms with Crippen molar-refractivity contribution in [3.8, 4) is 0 Å². The Kier molecular flexibility index (Phi) is 3.56. The summed E-state index contributed by atoms with van der Waals surface area (Å²) in [6.45, 7) is 2.50. The number of carbonyl (C=O) groups is 1. The minimum atomic E-state index is -0.580. The first kappa shape index (κ1) is 11.4. The van der Waals surface area contributed by atoms with E-state index >= 15 is 0 Å². The number of carbonyl (C=O) groups excluding carboxylic acids is 1. The Morgan fingerprint density at radius 2 is 2.20 bits per heavy atom. The monoisotopic (exact) mass is 209 g/mol. The van der Waals surface area contributed by atoms with Crippen LogP contribution in [0.5, 0.6) is 0 Å². The first-order valence-corrected chi connectivity index (χ1v) is 4.62. The van der Waals surface area contributed by atoms with E-state index in [2.05, 4.69) is 10.2 Å². The highest BCUT2D eigenvalue weighted by Crippen LogP contribution is 2.09. The summed E-state index contributed by atoms with van der Waals surface area (Å²) in [6.07, 6.45) is 0. The Hall–Kier alpha value is -1.69. The average molecular weight is 209 g/mol. The molecule has 0 aliphatic heterocycles. The molecule has 0 aliphatic rings. The van der Waals surface area contributed by atoms with Crippen LogP contribution < -0.4 is 16.4 Å². The molecule has 0 saturated carbocycles. The first-order valence-electron chi connectivity index (χ1n) is 4.62. The third-order valence-electron chi connectivity index (χ3n) is 2.27. The van der Waals surface area contributed by atoms with Crippen LogP contribution in [-0.2, 0) is 0 Å². The lowest BCUT2D eigenvalue weighted by molar-refractivity contribution is 0.0994. The van der Waals surface area contributed by atoms with Crippen LogP contribution in [0.25, 0.3) is 0 Å². The molecule has 1 rings (SSSR count). The van der Waals surface area contributed by atoms with Gasteiger partial charge in [-0.25, -0.2) is 0 Å². The van der Waals surface area contributed by atoms with Crippen LogP contribution in [0.4, 0.5) is 5.82 Å². The summed E-state index contributed by atoms with van der Waals surface area (Å²) in [5.41, 5.74) is 10.7. The van der Waals surface area contributed by atoms with Crippen molar-refractivity contribution in [1.29, 1.82) is 0 Å². The molecule has 0 radical (unpaired) electrons. The zero-order valence-corrected chi connectivity index (χ0v) is 8.84. The minimum Gasteiger partial charge on any atom is -0.364 e. The highest BCUT2D eigenvalue weighted by Gasteiger charge is 2.10. The van der Waals surface area contributed by atoms with Crippen LogP contribution >= 0.6 is 0 Å². The van der Waals surface area contributed by atoms with Gasteiger partial charge in [-0.3, -0.25) is 4.79 Å². The Labute approximate surface area is 88.3 Å². The molecule has 1 unspecified atom stereocenters. The second-order valence-corrected chi connectivity index (χ2v) is 3.34. The quantitative estimate of drug-likeness (QED) is 0.687. The number of amides is 1. The number of likely N-dealkylation sites (N-methyl/N-ethyl adjacent to an activating group) is 1. The van der Waals surface area contributed by atoms with Crippen LogP contribution in [0.1, 0.15) is 17.4 Å². The Balaban J connectivity index is 2.84. The van der Waals surface area contributed by atoms with Crippen LogP contribution in [0.3, 0.4) is 0 Å². The van der Waals surface area contributed by atoms with Gasteiger partial charge in [-0.2, -0.15) is 0 Å². The highest BCUT2D eigenvalue weighted by atomic mass is 16.1. The smallest absolute Gasteiger partial charge is 0.269 e. The van der Waals surface area contributed by atoms with Crippen molar-refractivity contribution in [2.75, 3.05) is 18.5 Å². The van der Waals surface area contributed by atoms with Crippen molar-refractivity contribution in [2.24, 2.45) is 11.5 Å². The number of hydrogen-bond donors (Lipinski definition) is 2. The van der Waals surface area contributed by atoms with Crippen molar-refractivity contribution in [3.63, 3.8) is 0 Å². The second-order valence-electron chi connectivity index (χ2n) is 3.34. The van der Waals surface area contributed by atoms with Crippen LogP contribution in [0.2, 0.25) is 0 Å². The molecule has 1 aromatic heterocycles. The number of anilines is 1. The van der Waals surface area contributed by atoms with Crippen molar-refractivity contribution in [1.82, 2.24) is 10.2 Å². The molecule has 6 nitrogen and oxygen atoms in total. The molecule has 82 valence electrons. The molecular weight excluding hydrogens is 194 g/mol. The molecule has 0 fully saturated rings. The summed E-state index contributed by atoms with van der Waals surface area (Å²) < 4.78 is 0. The maximum Gasteiger partial charge on any atom is 0.269 e. The third kappa shape index (κ3) is 2.63. The summed E-state index contributed by atoms with van der Waals surface area (Å²) in [5.74, 6) is 0.0847. The third-order valence-corrected chi connectivity index (χ3v) is 2.27. The fraction of sp³-hybridized carbons (Fsp3) is 0.444. The van der Waals surface area contributed by atoms with Gasteiger partial charge in [0.2, 0.25) is 0 Å². The first-order chi connectivity index (χ1) is 7.06. The summed E-state index contributed by atoms with van der Waals surface area (Å²) in [5, 5.41) is 7.60. The van der Waals surface area contributed by atoms with Crippen LogP contribution in [-0.4, -0.2) is 35.7 Å². The minimum absolute atomic E-state index is 0.160. The Morgan fingerprint density at radius 1 is 1.53 bits per heavy atom. The highest BCUT2D eigenvalue weighted by molar-refractivity contribution is 5.90. The standard InChI is InChI=1S/C9H15N5O/c1-6(5-10)14(2)8-4-3-7(9(11)15)12-13-8/h3-4,6H,5,10H2,1-2H3,(H2,11,15). The lowest BCUT2D eigenvalue weighted by atomic mass is 10.3. The molecule has 1 aromatic rings. The van der Waals surface area contributed by atoms with Crippen LogP contribution in [0.15, 0.2) is 12.1 Å². The lowest BCUT2D eigenvalue weighted by Crippen LogP contribution is -2.36. The topological polar surface area (TPSA) is 98.1 Å². The molecule has 0 spiro atoms. The number of nitrogens with two attached hydrogens (primary N) is 2. The molecule has 0 aliphatic carbocycles. The van der Waals surface area contributed by atoms with Gasteiger partial charge in [0, 0.05) is 19.6 Å². The number of primary amides is 1. The van der Waals surface area contributed by atoms with Crippen molar-refractivity contribution in [2.45, 2.75) is 13.0 Å². The molecule has 15 heavy (non-hydrogen) atoms. The van der Waals surface area contributed by atoms with E-state index in [0.29, 0.717) is 12.4 Å². The molecule has 0 aromatic carbocycles. The molecule has 4 N–H and O–H groups in total. The van der Waals surface area contributed by atoms with E-state index in [1.165, 1.54) is 0 Å². The maximum absolute atomic E-state index is 10.8. The summed E-state index contributed by atoms with van der Waals surface area (Å²) >= 11 is 0. The van der Waals surface area contributed by atoms with E-state index in [1.54, 1.807) is 12.1 Å². The number of nitrogens with zero attached hydrogens (tertiary/aromatic N) is 3. The molecule has 0 saturated heterocycles. The number of aromatic nitrogens is 2.